The Morgan fingerprint density at radius 3 is 2.75 bits per heavy atom. The minimum Gasteiger partial charge on any atom is -0.512 e. The molecule has 2 nitrogen and oxygen atoms in total. The van der Waals surface area contributed by atoms with Crippen LogP contribution in [0.5, 0.6) is 0 Å². The topological polar surface area (TPSA) is 40.5 Å². The number of allylic oxidation sites excluding steroid dienone is 1. The molecule has 0 saturated heterocycles. The second-order valence-corrected chi connectivity index (χ2v) is 2.09. The Hall–Kier alpha value is -0.500. The average molecular weight is 114 g/mol. The van der Waals surface area contributed by atoms with E-state index in [1.165, 1.54) is 0 Å². The maximum absolute atomic E-state index is 8.89. The molecule has 0 aromatic heterocycles. The molecular weight excluding hydrogens is 104 g/mol. The Bertz CT molecular complexity index is 107. The molecule has 0 fully saturated rings. The standard InChI is InChI=1S/C6H10O2/c7-4-5-2-1-3-6(5)8/h3,5,7-8H,1-2,4H2/t5-/m0/s1. The number of hydrogen-bond acceptors (Lipinski definition) is 2. The van der Waals surface area contributed by atoms with Gasteiger partial charge in [-0.2, -0.15) is 0 Å². The molecule has 0 radical (unpaired) electrons. The van der Waals surface area contributed by atoms with Crippen molar-refractivity contribution in [3.8, 4) is 0 Å². The van der Waals surface area contributed by atoms with Crippen LogP contribution in [0.3, 0.4) is 0 Å². The molecule has 0 bridgehead atoms. The van der Waals surface area contributed by atoms with Crippen LogP contribution in [0, 0.1) is 5.92 Å². The molecule has 1 aliphatic carbocycles. The van der Waals surface area contributed by atoms with E-state index in [-0.39, 0.29) is 12.5 Å². The zero-order chi connectivity index (χ0) is 5.98. The fourth-order valence-corrected chi connectivity index (χ4v) is 0.932. The Morgan fingerprint density at radius 1 is 1.75 bits per heavy atom. The van der Waals surface area contributed by atoms with Gasteiger partial charge < -0.3 is 10.2 Å². The number of aliphatic hydroxyl groups excluding tert-OH is 2. The summed E-state index contributed by atoms with van der Waals surface area (Å²) in [5.41, 5.74) is 0. The lowest BCUT2D eigenvalue weighted by Gasteiger charge is -2.02. The highest BCUT2D eigenvalue weighted by Gasteiger charge is 2.16. The molecule has 0 spiro atoms. The van der Waals surface area contributed by atoms with E-state index in [2.05, 4.69) is 0 Å². The van der Waals surface area contributed by atoms with E-state index < -0.39 is 0 Å². The molecule has 0 aromatic rings. The Morgan fingerprint density at radius 2 is 2.50 bits per heavy atom. The van der Waals surface area contributed by atoms with Crippen LogP contribution >= 0.6 is 0 Å². The molecule has 46 valence electrons. The van der Waals surface area contributed by atoms with Gasteiger partial charge in [-0.15, -0.1) is 0 Å². The van der Waals surface area contributed by atoms with Crippen LogP contribution in [0.1, 0.15) is 12.8 Å². The smallest absolute Gasteiger partial charge is 0.0936 e. The van der Waals surface area contributed by atoms with E-state index in [1.807, 2.05) is 0 Å². The summed E-state index contributed by atoms with van der Waals surface area (Å²) in [6.45, 7) is 0.0856. The lowest BCUT2D eigenvalue weighted by molar-refractivity contribution is 0.208. The van der Waals surface area contributed by atoms with Gasteiger partial charge in [-0.3, -0.25) is 0 Å². The quantitative estimate of drug-likeness (QED) is 0.530. The van der Waals surface area contributed by atoms with Crippen LogP contribution in [0.25, 0.3) is 0 Å². The Labute approximate surface area is 48.5 Å². The number of aliphatic hydroxyl groups is 2. The third-order valence-electron chi connectivity index (χ3n) is 1.51. The van der Waals surface area contributed by atoms with Gasteiger partial charge in [-0.1, -0.05) is 0 Å². The van der Waals surface area contributed by atoms with Gasteiger partial charge in [0.25, 0.3) is 0 Å². The van der Waals surface area contributed by atoms with E-state index in [9.17, 15) is 0 Å². The predicted octanol–water partition coefficient (Wildman–Crippen LogP) is 0.831. The first-order chi connectivity index (χ1) is 3.84. The summed E-state index contributed by atoms with van der Waals surface area (Å²) in [6.07, 6.45) is 3.58. The molecular formula is C6H10O2. The summed E-state index contributed by atoms with van der Waals surface area (Å²) in [5.74, 6) is 0.405. The molecule has 1 aliphatic rings. The predicted molar refractivity (Wildman–Crippen MR) is 30.5 cm³/mol. The first-order valence-electron chi connectivity index (χ1n) is 2.84. The number of hydrogen-bond donors (Lipinski definition) is 2. The van der Waals surface area contributed by atoms with Gasteiger partial charge in [0.05, 0.1) is 12.4 Å². The van der Waals surface area contributed by atoms with Crippen LogP contribution in [-0.4, -0.2) is 16.8 Å². The monoisotopic (exact) mass is 114 g/mol. The summed E-state index contributed by atoms with van der Waals surface area (Å²) in [4.78, 5) is 0. The SMILES string of the molecule is OC[C@@H]1CCC=C1O. The highest BCUT2D eigenvalue weighted by atomic mass is 16.3. The first kappa shape index (κ1) is 5.63. The summed E-state index contributed by atoms with van der Waals surface area (Å²) in [6, 6.07) is 0. The summed E-state index contributed by atoms with van der Waals surface area (Å²) >= 11 is 0. The molecule has 2 N–H and O–H groups in total. The van der Waals surface area contributed by atoms with Crippen LogP contribution < -0.4 is 0 Å². The van der Waals surface area contributed by atoms with Gasteiger partial charge in [-0.25, -0.2) is 0 Å². The van der Waals surface area contributed by atoms with Crippen LogP contribution in [0.2, 0.25) is 0 Å². The van der Waals surface area contributed by atoms with E-state index in [4.69, 9.17) is 10.2 Å². The van der Waals surface area contributed by atoms with E-state index >= 15 is 0 Å². The summed E-state index contributed by atoms with van der Waals surface area (Å²) in [7, 11) is 0. The minimum atomic E-state index is 0.0370. The molecule has 0 heterocycles. The molecule has 2 heteroatoms. The molecule has 1 atom stereocenters. The molecule has 1 rings (SSSR count). The largest absolute Gasteiger partial charge is 0.512 e. The van der Waals surface area contributed by atoms with Crippen LogP contribution in [0.15, 0.2) is 11.8 Å². The van der Waals surface area contributed by atoms with Gasteiger partial charge in [-0.05, 0) is 18.9 Å². The Balaban J connectivity index is 2.46. The van der Waals surface area contributed by atoms with Gasteiger partial charge in [0.2, 0.25) is 0 Å². The van der Waals surface area contributed by atoms with Gasteiger partial charge in [0.15, 0.2) is 0 Å². The van der Waals surface area contributed by atoms with Crippen molar-refractivity contribution in [3.63, 3.8) is 0 Å². The average Bonchev–Trinajstić information content (AvgIpc) is 2.14. The van der Waals surface area contributed by atoms with Crippen molar-refractivity contribution >= 4 is 0 Å². The van der Waals surface area contributed by atoms with Crippen molar-refractivity contribution in [2.45, 2.75) is 12.8 Å². The first-order valence-corrected chi connectivity index (χ1v) is 2.84. The summed E-state index contributed by atoms with van der Waals surface area (Å²) < 4.78 is 0. The molecule has 0 aromatic carbocycles. The Kier molecular flexibility index (Phi) is 1.53. The third-order valence-corrected chi connectivity index (χ3v) is 1.51. The van der Waals surface area contributed by atoms with E-state index in [0.29, 0.717) is 5.76 Å². The fourth-order valence-electron chi connectivity index (χ4n) is 0.932. The second-order valence-electron chi connectivity index (χ2n) is 2.09. The van der Waals surface area contributed by atoms with Crippen molar-refractivity contribution in [3.05, 3.63) is 11.8 Å². The van der Waals surface area contributed by atoms with Crippen molar-refractivity contribution in [1.82, 2.24) is 0 Å². The number of rotatable bonds is 1. The minimum absolute atomic E-state index is 0.0370. The highest BCUT2D eigenvalue weighted by Crippen LogP contribution is 2.21. The van der Waals surface area contributed by atoms with Crippen molar-refractivity contribution in [2.24, 2.45) is 5.92 Å². The molecule has 0 unspecified atom stereocenters. The fraction of sp³-hybridized carbons (Fsp3) is 0.667. The van der Waals surface area contributed by atoms with Crippen LogP contribution in [-0.2, 0) is 0 Å². The maximum atomic E-state index is 8.89. The van der Waals surface area contributed by atoms with E-state index in [0.717, 1.165) is 12.8 Å². The molecule has 8 heavy (non-hydrogen) atoms. The summed E-state index contributed by atoms with van der Waals surface area (Å²) in [5, 5.41) is 17.4. The lowest BCUT2D eigenvalue weighted by Crippen LogP contribution is -2.03. The second kappa shape index (κ2) is 2.18. The molecule has 0 aliphatic heterocycles. The molecule has 0 saturated carbocycles. The van der Waals surface area contributed by atoms with Gasteiger partial charge >= 0.3 is 0 Å². The third kappa shape index (κ3) is 0.842. The van der Waals surface area contributed by atoms with Gasteiger partial charge in [0.1, 0.15) is 0 Å². The zero-order valence-corrected chi connectivity index (χ0v) is 4.67. The normalized spacial score (nSPS) is 28.1. The van der Waals surface area contributed by atoms with Crippen LogP contribution in [0.4, 0.5) is 0 Å². The van der Waals surface area contributed by atoms with Crippen molar-refractivity contribution in [2.75, 3.05) is 6.61 Å². The van der Waals surface area contributed by atoms with E-state index in [1.54, 1.807) is 6.08 Å². The van der Waals surface area contributed by atoms with Crippen molar-refractivity contribution in [1.29, 1.82) is 0 Å². The maximum Gasteiger partial charge on any atom is 0.0936 e. The van der Waals surface area contributed by atoms with Gasteiger partial charge in [0, 0.05) is 5.92 Å². The molecule has 0 amide bonds. The highest BCUT2D eigenvalue weighted by molar-refractivity contribution is 5.03. The lowest BCUT2D eigenvalue weighted by atomic mass is 10.1. The van der Waals surface area contributed by atoms with Crippen molar-refractivity contribution < 1.29 is 10.2 Å². The zero-order valence-electron chi connectivity index (χ0n) is 4.67.